The molecule has 1 heterocycles. The minimum Gasteiger partial charge on any atom is -0.493 e. The van der Waals surface area contributed by atoms with E-state index in [0.29, 0.717) is 23.8 Å². The molecule has 0 spiro atoms. The molecule has 1 N–H and O–H groups in total. The molecule has 148 valence electrons. The van der Waals surface area contributed by atoms with E-state index < -0.39 is 0 Å². The van der Waals surface area contributed by atoms with Gasteiger partial charge in [0.05, 0.1) is 14.2 Å². The number of ether oxygens (including phenoxy) is 3. The second-order valence-corrected chi connectivity index (χ2v) is 6.51. The number of benzene rings is 3. The second-order valence-electron chi connectivity index (χ2n) is 6.51. The van der Waals surface area contributed by atoms with Gasteiger partial charge in [0, 0.05) is 17.3 Å². The van der Waals surface area contributed by atoms with Gasteiger partial charge in [-0.1, -0.05) is 24.3 Å². The van der Waals surface area contributed by atoms with Crippen LogP contribution >= 0.6 is 0 Å². The van der Waals surface area contributed by atoms with Gasteiger partial charge >= 0.3 is 0 Å². The van der Waals surface area contributed by atoms with Gasteiger partial charge in [-0.2, -0.15) is 0 Å². The van der Waals surface area contributed by atoms with Crippen molar-refractivity contribution in [2.45, 2.75) is 6.54 Å². The average Bonchev–Trinajstić information content (AvgIpc) is 3.14. The number of para-hydroxylation sites is 1. The van der Waals surface area contributed by atoms with E-state index in [1.807, 2.05) is 48.5 Å². The van der Waals surface area contributed by atoms with Gasteiger partial charge in [-0.3, -0.25) is 4.79 Å². The molecule has 0 unspecified atom stereocenters. The van der Waals surface area contributed by atoms with E-state index >= 15 is 0 Å². The number of hydrogen-bond acceptors (Lipinski definition) is 5. The van der Waals surface area contributed by atoms with E-state index in [-0.39, 0.29) is 12.5 Å². The Morgan fingerprint density at radius 2 is 1.69 bits per heavy atom. The lowest BCUT2D eigenvalue weighted by Gasteiger charge is -2.11. The predicted octanol–water partition coefficient (Wildman–Crippen LogP) is 4.30. The van der Waals surface area contributed by atoms with Crippen molar-refractivity contribution in [2.24, 2.45) is 0 Å². The largest absolute Gasteiger partial charge is 0.493 e. The van der Waals surface area contributed by atoms with Crippen molar-refractivity contribution >= 4 is 27.8 Å². The standard InChI is InChI=1S/C23H21NO5/c1-26-21-9-7-15(11-22(21)27-2)13-24-23(25)14-28-16-8-10-20-18(12-16)17-5-3-4-6-19(17)29-20/h3-12H,13-14H2,1-2H3,(H,24,25). The zero-order valence-corrected chi connectivity index (χ0v) is 16.2. The Labute approximate surface area is 168 Å². The molecule has 0 aliphatic rings. The molecular formula is C23H21NO5. The van der Waals surface area contributed by atoms with Gasteiger partial charge < -0.3 is 23.9 Å². The van der Waals surface area contributed by atoms with E-state index in [1.54, 1.807) is 26.4 Å². The highest BCUT2D eigenvalue weighted by Gasteiger charge is 2.10. The van der Waals surface area contributed by atoms with Gasteiger partial charge in [0.25, 0.3) is 5.91 Å². The Morgan fingerprint density at radius 3 is 2.52 bits per heavy atom. The Hall–Kier alpha value is -3.67. The fraction of sp³-hybridized carbons (Fsp3) is 0.174. The summed E-state index contributed by atoms with van der Waals surface area (Å²) >= 11 is 0. The fourth-order valence-corrected chi connectivity index (χ4v) is 3.19. The maximum Gasteiger partial charge on any atom is 0.258 e. The van der Waals surface area contributed by atoms with Crippen LogP contribution in [0, 0.1) is 0 Å². The SMILES string of the molecule is COc1ccc(CNC(=O)COc2ccc3oc4ccccc4c3c2)cc1OC. The quantitative estimate of drug-likeness (QED) is 0.509. The molecule has 0 bridgehead atoms. The van der Waals surface area contributed by atoms with Crippen LogP contribution in [0.3, 0.4) is 0 Å². The first kappa shape index (κ1) is 18.7. The third-order valence-electron chi connectivity index (χ3n) is 4.66. The Bertz CT molecular complexity index is 1160. The third kappa shape index (κ3) is 3.96. The molecule has 0 fully saturated rings. The summed E-state index contributed by atoms with van der Waals surface area (Å²) in [5, 5.41) is 4.82. The first-order chi connectivity index (χ1) is 14.2. The summed E-state index contributed by atoms with van der Waals surface area (Å²) in [5.74, 6) is 1.67. The van der Waals surface area contributed by atoms with Crippen LogP contribution in [-0.4, -0.2) is 26.7 Å². The maximum absolute atomic E-state index is 12.2. The highest BCUT2D eigenvalue weighted by Crippen LogP contribution is 2.31. The number of methoxy groups -OCH3 is 2. The van der Waals surface area contributed by atoms with E-state index in [2.05, 4.69) is 5.32 Å². The Morgan fingerprint density at radius 1 is 0.897 bits per heavy atom. The van der Waals surface area contributed by atoms with Gasteiger partial charge in [0.1, 0.15) is 16.9 Å². The molecule has 6 heteroatoms. The van der Waals surface area contributed by atoms with Gasteiger partial charge in [-0.25, -0.2) is 0 Å². The first-order valence-corrected chi connectivity index (χ1v) is 9.19. The number of amides is 1. The van der Waals surface area contributed by atoms with Crippen molar-refractivity contribution in [3.8, 4) is 17.2 Å². The van der Waals surface area contributed by atoms with Crippen molar-refractivity contribution in [3.63, 3.8) is 0 Å². The summed E-state index contributed by atoms with van der Waals surface area (Å²) in [4.78, 5) is 12.2. The molecule has 0 atom stereocenters. The predicted molar refractivity (Wildman–Crippen MR) is 111 cm³/mol. The van der Waals surface area contributed by atoms with Crippen LogP contribution < -0.4 is 19.5 Å². The van der Waals surface area contributed by atoms with Gasteiger partial charge in [0.2, 0.25) is 0 Å². The topological polar surface area (TPSA) is 69.9 Å². The molecule has 1 amide bonds. The van der Waals surface area contributed by atoms with Gasteiger partial charge in [0.15, 0.2) is 18.1 Å². The number of fused-ring (bicyclic) bond motifs is 3. The van der Waals surface area contributed by atoms with Crippen LogP contribution in [0.2, 0.25) is 0 Å². The summed E-state index contributed by atoms with van der Waals surface area (Å²) in [6.45, 7) is 0.294. The van der Waals surface area contributed by atoms with Crippen LogP contribution in [0.5, 0.6) is 17.2 Å². The zero-order chi connectivity index (χ0) is 20.2. The summed E-state index contributed by atoms with van der Waals surface area (Å²) < 4.78 is 22.0. The average molecular weight is 391 g/mol. The van der Waals surface area contributed by atoms with Crippen LogP contribution in [-0.2, 0) is 11.3 Å². The molecule has 0 aliphatic heterocycles. The molecule has 0 saturated heterocycles. The van der Waals surface area contributed by atoms with Crippen LogP contribution in [0.1, 0.15) is 5.56 Å². The Kier molecular flexibility index (Phi) is 5.24. The maximum atomic E-state index is 12.2. The number of carbonyl (C=O) groups excluding carboxylic acids is 1. The monoisotopic (exact) mass is 391 g/mol. The van der Waals surface area contributed by atoms with E-state index in [4.69, 9.17) is 18.6 Å². The summed E-state index contributed by atoms with van der Waals surface area (Å²) in [6.07, 6.45) is 0. The lowest BCUT2D eigenvalue weighted by atomic mass is 10.1. The molecular weight excluding hydrogens is 370 g/mol. The second kappa shape index (κ2) is 8.14. The van der Waals surface area contributed by atoms with Crippen molar-refractivity contribution in [1.29, 1.82) is 0 Å². The van der Waals surface area contributed by atoms with Crippen molar-refractivity contribution in [1.82, 2.24) is 5.32 Å². The number of nitrogens with one attached hydrogen (secondary N) is 1. The van der Waals surface area contributed by atoms with Crippen LogP contribution in [0.4, 0.5) is 0 Å². The van der Waals surface area contributed by atoms with Gasteiger partial charge in [-0.15, -0.1) is 0 Å². The third-order valence-corrected chi connectivity index (χ3v) is 4.66. The molecule has 4 rings (SSSR count). The van der Waals surface area contributed by atoms with Gasteiger partial charge in [-0.05, 0) is 42.0 Å². The zero-order valence-electron chi connectivity index (χ0n) is 16.2. The highest BCUT2D eigenvalue weighted by atomic mass is 16.5. The number of carbonyl (C=O) groups is 1. The summed E-state index contributed by atoms with van der Waals surface area (Å²) in [7, 11) is 3.16. The van der Waals surface area contributed by atoms with Crippen LogP contribution in [0.15, 0.2) is 65.1 Å². The summed E-state index contributed by atoms with van der Waals surface area (Å²) in [5.41, 5.74) is 2.52. The molecule has 4 aromatic rings. The Balaban J connectivity index is 1.37. The number of furan rings is 1. The molecule has 6 nitrogen and oxygen atoms in total. The van der Waals surface area contributed by atoms with E-state index in [9.17, 15) is 4.79 Å². The fourth-order valence-electron chi connectivity index (χ4n) is 3.19. The normalized spacial score (nSPS) is 10.8. The minimum atomic E-state index is -0.211. The van der Waals surface area contributed by atoms with E-state index in [0.717, 1.165) is 27.5 Å². The van der Waals surface area contributed by atoms with Crippen molar-refractivity contribution in [3.05, 3.63) is 66.2 Å². The van der Waals surface area contributed by atoms with E-state index in [1.165, 1.54) is 0 Å². The minimum absolute atomic E-state index is 0.0748. The first-order valence-electron chi connectivity index (χ1n) is 9.19. The van der Waals surface area contributed by atoms with Crippen LogP contribution in [0.25, 0.3) is 21.9 Å². The molecule has 1 aromatic heterocycles. The molecule has 29 heavy (non-hydrogen) atoms. The lowest BCUT2D eigenvalue weighted by molar-refractivity contribution is -0.123. The molecule has 0 radical (unpaired) electrons. The lowest BCUT2D eigenvalue weighted by Crippen LogP contribution is -2.28. The smallest absolute Gasteiger partial charge is 0.258 e. The number of hydrogen-bond donors (Lipinski definition) is 1. The molecule has 0 saturated carbocycles. The molecule has 3 aromatic carbocycles. The summed E-state index contributed by atoms with van der Waals surface area (Å²) in [6, 6.07) is 18.9. The highest BCUT2D eigenvalue weighted by molar-refractivity contribution is 6.05. The van der Waals surface area contributed by atoms with Crippen molar-refractivity contribution in [2.75, 3.05) is 20.8 Å². The number of rotatable bonds is 7. The molecule has 0 aliphatic carbocycles. The van der Waals surface area contributed by atoms with Crippen molar-refractivity contribution < 1.29 is 23.4 Å².